The average molecular weight is 245 g/mol. The highest BCUT2D eigenvalue weighted by Crippen LogP contribution is 2.26. The topological polar surface area (TPSA) is 52.3 Å². The molecule has 86 valence electrons. The molecule has 1 rings (SSSR count). The first-order valence-corrected chi connectivity index (χ1v) is 5.08. The smallest absolute Gasteiger partial charge is 0.402 e. The molecule has 0 unspecified atom stereocenters. The fourth-order valence-electron chi connectivity index (χ4n) is 0.887. The van der Waals surface area contributed by atoms with Gasteiger partial charge in [0, 0.05) is 11.9 Å². The van der Waals surface area contributed by atoms with E-state index in [1.165, 1.54) is 12.1 Å². The Kier molecular flexibility index (Phi) is 4.03. The van der Waals surface area contributed by atoms with Crippen LogP contribution < -0.4 is 9.88 Å². The molecular formula is C10H9F2NO2S. The van der Waals surface area contributed by atoms with Crippen LogP contribution in [0.25, 0.3) is 6.08 Å². The first-order chi connectivity index (χ1) is 7.49. The van der Waals surface area contributed by atoms with Crippen molar-refractivity contribution >= 4 is 24.0 Å². The van der Waals surface area contributed by atoms with Crippen molar-refractivity contribution in [2.75, 3.05) is 0 Å². The van der Waals surface area contributed by atoms with Gasteiger partial charge in [-0.25, -0.2) is 4.79 Å². The van der Waals surface area contributed by atoms with E-state index < -0.39 is 11.2 Å². The number of rotatable bonds is 4. The summed E-state index contributed by atoms with van der Waals surface area (Å²) in [5, 5.41) is 0.920. The lowest BCUT2D eigenvalue weighted by Crippen LogP contribution is -2.31. The molecule has 1 aromatic carbocycles. The van der Waals surface area contributed by atoms with Gasteiger partial charge in [0.25, 0.3) is 0 Å². The Morgan fingerprint density at radius 3 is 2.44 bits per heavy atom. The summed E-state index contributed by atoms with van der Waals surface area (Å²) in [4.78, 5) is 10.9. The summed E-state index contributed by atoms with van der Waals surface area (Å²) >= 11 is -0.362. The van der Waals surface area contributed by atoms with E-state index in [-0.39, 0.29) is 17.7 Å². The van der Waals surface area contributed by atoms with Crippen LogP contribution >= 0.6 is 11.9 Å². The van der Waals surface area contributed by atoms with Crippen LogP contribution in [-0.2, 0) is 4.79 Å². The molecule has 0 heterocycles. The Morgan fingerprint density at radius 1 is 1.44 bits per heavy atom. The number of nitrogens with two attached hydrogens (primary N) is 1. The fourth-order valence-corrected chi connectivity index (χ4v) is 1.02. The lowest BCUT2D eigenvalue weighted by molar-refractivity contribution is -0.149. The van der Waals surface area contributed by atoms with Gasteiger partial charge in [0.15, 0.2) is 0 Å². The SMILES string of the molecule is C=Cc1ccc(OC(=O)C(F)(F)SN)cc1. The van der Waals surface area contributed by atoms with E-state index in [0.717, 1.165) is 5.56 Å². The maximum Gasteiger partial charge on any atom is 0.402 e. The predicted molar refractivity (Wildman–Crippen MR) is 58.9 cm³/mol. The van der Waals surface area contributed by atoms with E-state index in [1.807, 2.05) is 0 Å². The molecule has 0 atom stereocenters. The molecular weight excluding hydrogens is 236 g/mol. The minimum absolute atomic E-state index is 0.0318. The summed E-state index contributed by atoms with van der Waals surface area (Å²) in [6.07, 6.45) is 1.58. The maximum absolute atomic E-state index is 12.7. The van der Waals surface area contributed by atoms with E-state index in [1.54, 1.807) is 18.2 Å². The van der Waals surface area contributed by atoms with Crippen molar-refractivity contribution in [3.63, 3.8) is 0 Å². The van der Waals surface area contributed by atoms with Crippen LogP contribution in [0.2, 0.25) is 0 Å². The Hall–Kier alpha value is -1.40. The highest BCUT2D eigenvalue weighted by atomic mass is 32.2. The number of esters is 1. The van der Waals surface area contributed by atoms with Crippen LogP contribution in [0, 0.1) is 0 Å². The molecule has 0 aromatic heterocycles. The monoisotopic (exact) mass is 245 g/mol. The summed E-state index contributed by atoms with van der Waals surface area (Å²) in [5.74, 6) is -1.66. The van der Waals surface area contributed by atoms with Gasteiger partial charge in [-0.05, 0) is 17.7 Å². The summed E-state index contributed by atoms with van der Waals surface area (Å²) in [7, 11) is 0. The molecule has 0 spiro atoms. The molecule has 16 heavy (non-hydrogen) atoms. The van der Waals surface area contributed by atoms with Gasteiger partial charge in [-0.2, -0.15) is 8.78 Å². The van der Waals surface area contributed by atoms with Gasteiger partial charge in [-0.3, -0.25) is 5.14 Å². The second kappa shape index (κ2) is 5.09. The van der Waals surface area contributed by atoms with Crippen LogP contribution in [0.15, 0.2) is 30.8 Å². The van der Waals surface area contributed by atoms with Gasteiger partial charge in [-0.1, -0.05) is 24.8 Å². The van der Waals surface area contributed by atoms with Gasteiger partial charge < -0.3 is 4.74 Å². The Bertz CT molecular complexity index is 392. The zero-order valence-electron chi connectivity index (χ0n) is 8.15. The highest BCUT2D eigenvalue weighted by Gasteiger charge is 2.41. The van der Waals surface area contributed by atoms with Crippen LogP contribution in [0.5, 0.6) is 5.75 Å². The number of alkyl halides is 2. The number of benzene rings is 1. The van der Waals surface area contributed by atoms with E-state index in [4.69, 9.17) is 0 Å². The minimum Gasteiger partial charge on any atom is -0.421 e. The molecule has 0 aliphatic rings. The Balaban J connectivity index is 2.73. The Labute approximate surface area is 95.4 Å². The predicted octanol–water partition coefficient (Wildman–Crippen LogP) is 2.43. The van der Waals surface area contributed by atoms with Crippen molar-refractivity contribution in [1.29, 1.82) is 0 Å². The second-order valence-corrected chi connectivity index (χ2v) is 3.55. The molecule has 1 aromatic rings. The van der Waals surface area contributed by atoms with E-state index in [2.05, 4.69) is 16.5 Å². The molecule has 0 aliphatic heterocycles. The standard InChI is InChI=1S/C10H9F2NO2S/c1-2-7-3-5-8(6-4-7)15-9(14)10(11,12)16-13/h2-6H,1,13H2. The number of carbonyl (C=O) groups is 1. The summed E-state index contributed by atoms with van der Waals surface area (Å²) < 4.78 is 29.9. The maximum atomic E-state index is 12.7. The molecule has 0 amide bonds. The van der Waals surface area contributed by atoms with Crippen LogP contribution in [0.1, 0.15) is 5.56 Å². The Morgan fingerprint density at radius 2 is 2.00 bits per heavy atom. The third-order valence-corrected chi connectivity index (χ3v) is 2.17. The van der Waals surface area contributed by atoms with Crippen LogP contribution in [0.3, 0.4) is 0 Å². The molecule has 0 aliphatic carbocycles. The van der Waals surface area contributed by atoms with Gasteiger partial charge in [0.05, 0.1) is 0 Å². The zero-order chi connectivity index (χ0) is 12.2. The average Bonchev–Trinajstić information content (AvgIpc) is 2.30. The highest BCUT2D eigenvalue weighted by molar-refractivity contribution is 7.98. The molecule has 0 radical (unpaired) electrons. The number of halogens is 2. The fraction of sp³-hybridized carbons (Fsp3) is 0.100. The van der Waals surface area contributed by atoms with E-state index in [9.17, 15) is 13.6 Å². The van der Waals surface area contributed by atoms with Crippen molar-refractivity contribution < 1.29 is 18.3 Å². The quantitative estimate of drug-likeness (QED) is 0.503. The normalized spacial score (nSPS) is 10.9. The molecule has 0 fully saturated rings. The first-order valence-electron chi connectivity index (χ1n) is 4.20. The zero-order valence-corrected chi connectivity index (χ0v) is 8.97. The molecule has 0 bridgehead atoms. The molecule has 0 saturated carbocycles. The number of ether oxygens (including phenoxy) is 1. The van der Waals surface area contributed by atoms with E-state index in [0.29, 0.717) is 0 Å². The summed E-state index contributed by atoms with van der Waals surface area (Å²) in [6, 6.07) is 5.96. The van der Waals surface area contributed by atoms with Crippen LogP contribution in [0.4, 0.5) is 8.78 Å². The van der Waals surface area contributed by atoms with Crippen LogP contribution in [-0.4, -0.2) is 11.2 Å². The number of carbonyl (C=O) groups excluding carboxylic acids is 1. The lowest BCUT2D eigenvalue weighted by Gasteiger charge is -2.11. The molecule has 6 heteroatoms. The van der Waals surface area contributed by atoms with Crippen molar-refractivity contribution in [1.82, 2.24) is 0 Å². The molecule has 3 nitrogen and oxygen atoms in total. The minimum atomic E-state index is -3.74. The van der Waals surface area contributed by atoms with E-state index >= 15 is 0 Å². The van der Waals surface area contributed by atoms with Gasteiger partial charge in [0.1, 0.15) is 5.75 Å². The molecule has 2 N–H and O–H groups in total. The van der Waals surface area contributed by atoms with Gasteiger partial charge >= 0.3 is 11.2 Å². The van der Waals surface area contributed by atoms with Gasteiger partial charge in [-0.15, -0.1) is 0 Å². The lowest BCUT2D eigenvalue weighted by atomic mass is 10.2. The molecule has 0 saturated heterocycles. The van der Waals surface area contributed by atoms with Crippen molar-refractivity contribution in [3.8, 4) is 5.75 Å². The number of hydrogen-bond donors (Lipinski definition) is 1. The second-order valence-electron chi connectivity index (χ2n) is 2.80. The first kappa shape index (κ1) is 12.7. The van der Waals surface area contributed by atoms with Crippen molar-refractivity contribution in [2.24, 2.45) is 5.14 Å². The third kappa shape index (κ3) is 3.04. The third-order valence-electron chi connectivity index (χ3n) is 1.71. The van der Waals surface area contributed by atoms with Crippen molar-refractivity contribution in [3.05, 3.63) is 36.4 Å². The summed E-state index contributed by atoms with van der Waals surface area (Å²) in [6.45, 7) is 3.53. The number of hydrogen-bond acceptors (Lipinski definition) is 4. The van der Waals surface area contributed by atoms with Crippen molar-refractivity contribution in [2.45, 2.75) is 5.25 Å². The van der Waals surface area contributed by atoms with Gasteiger partial charge in [0.2, 0.25) is 0 Å². The largest absolute Gasteiger partial charge is 0.421 e. The summed E-state index contributed by atoms with van der Waals surface area (Å²) in [5.41, 5.74) is 0.791.